The Morgan fingerprint density at radius 3 is 3.11 bits per heavy atom. The molecule has 1 aromatic heterocycles. The van der Waals surface area contributed by atoms with Gasteiger partial charge in [0.2, 0.25) is 0 Å². The van der Waals surface area contributed by atoms with E-state index < -0.39 is 0 Å². The molecule has 2 N–H and O–H groups in total. The largest absolute Gasteiger partial charge is 0.368 e. The summed E-state index contributed by atoms with van der Waals surface area (Å²) in [5, 5.41) is 3.25. The van der Waals surface area contributed by atoms with Crippen LogP contribution < -0.4 is 5.32 Å². The van der Waals surface area contributed by atoms with Crippen LogP contribution in [0.15, 0.2) is 30.5 Å². The van der Waals surface area contributed by atoms with Gasteiger partial charge in [0.25, 0.3) is 0 Å². The van der Waals surface area contributed by atoms with E-state index in [1.807, 2.05) is 6.07 Å². The lowest BCUT2D eigenvalue weighted by Gasteiger charge is -2.21. The molecule has 0 aliphatic carbocycles. The maximum atomic E-state index is 13.1. The fraction of sp³-hybridized carbons (Fsp3) is 0.308. The third-order valence-electron chi connectivity index (χ3n) is 2.96. The Bertz CT molecular complexity index is 535. The van der Waals surface area contributed by atoms with Crippen molar-refractivity contribution in [2.75, 3.05) is 19.7 Å². The fourth-order valence-corrected chi connectivity index (χ4v) is 2.04. The number of aromatic nitrogens is 2. The number of nitrogens with one attached hydrogen (secondary N) is 2. The van der Waals surface area contributed by atoms with Gasteiger partial charge in [-0.05, 0) is 12.1 Å². The molecule has 0 bridgehead atoms. The predicted octanol–water partition coefficient (Wildman–Crippen LogP) is 1.88. The van der Waals surface area contributed by atoms with Gasteiger partial charge in [-0.15, -0.1) is 0 Å². The molecule has 0 saturated carbocycles. The van der Waals surface area contributed by atoms with E-state index in [9.17, 15) is 4.39 Å². The second-order valence-electron chi connectivity index (χ2n) is 4.26. The Hall–Kier alpha value is -1.72. The molecule has 0 radical (unpaired) electrons. The van der Waals surface area contributed by atoms with Crippen LogP contribution in [-0.4, -0.2) is 29.7 Å². The first kappa shape index (κ1) is 11.4. The van der Waals surface area contributed by atoms with Crippen molar-refractivity contribution >= 4 is 0 Å². The summed E-state index contributed by atoms with van der Waals surface area (Å²) in [4.78, 5) is 7.49. The van der Waals surface area contributed by atoms with E-state index in [4.69, 9.17) is 4.74 Å². The van der Waals surface area contributed by atoms with Gasteiger partial charge in [-0.3, -0.25) is 0 Å². The molecule has 1 saturated heterocycles. The Kier molecular flexibility index (Phi) is 3.08. The first-order chi connectivity index (χ1) is 8.83. The van der Waals surface area contributed by atoms with Gasteiger partial charge in [-0.2, -0.15) is 0 Å². The minimum atomic E-state index is -0.251. The van der Waals surface area contributed by atoms with E-state index in [-0.39, 0.29) is 11.9 Å². The smallest absolute Gasteiger partial charge is 0.137 e. The van der Waals surface area contributed by atoms with Crippen molar-refractivity contribution in [2.45, 2.75) is 6.10 Å². The summed E-state index contributed by atoms with van der Waals surface area (Å²) >= 11 is 0. The highest BCUT2D eigenvalue weighted by Crippen LogP contribution is 2.22. The number of H-pyrrole nitrogens is 1. The van der Waals surface area contributed by atoms with E-state index in [1.165, 1.54) is 12.1 Å². The molecule has 1 aromatic carbocycles. The molecule has 1 atom stereocenters. The van der Waals surface area contributed by atoms with E-state index in [0.29, 0.717) is 6.61 Å². The summed E-state index contributed by atoms with van der Waals surface area (Å²) in [5.74, 6) is 0.528. The summed E-state index contributed by atoms with van der Waals surface area (Å²) in [7, 11) is 0. The maximum absolute atomic E-state index is 13.1. The second-order valence-corrected chi connectivity index (χ2v) is 4.26. The van der Waals surface area contributed by atoms with Crippen LogP contribution in [0, 0.1) is 5.82 Å². The maximum Gasteiger partial charge on any atom is 0.137 e. The first-order valence-corrected chi connectivity index (χ1v) is 5.96. The Balaban J connectivity index is 1.84. The van der Waals surface area contributed by atoms with Gasteiger partial charge in [-0.25, -0.2) is 9.37 Å². The van der Waals surface area contributed by atoms with Crippen molar-refractivity contribution < 1.29 is 9.13 Å². The van der Waals surface area contributed by atoms with Gasteiger partial charge in [0.05, 0.1) is 18.5 Å². The average Bonchev–Trinajstić information content (AvgIpc) is 2.89. The molecule has 0 amide bonds. The number of imidazole rings is 1. The summed E-state index contributed by atoms with van der Waals surface area (Å²) in [6, 6.07) is 6.44. The van der Waals surface area contributed by atoms with E-state index >= 15 is 0 Å². The topological polar surface area (TPSA) is 49.9 Å². The van der Waals surface area contributed by atoms with Crippen molar-refractivity contribution in [3.05, 3.63) is 42.1 Å². The van der Waals surface area contributed by atoms with Crippen LogP contribution in [0.5, 0.6) is 0 Å². The molecular formula is C13H14FN3O. The first-order valence-electron chi connectivity index (χ1n) is 5.96. The molecule has 1 unspecified atom stereocenters. The minimum absolute atomic E-state index is 0.0546. The number of rotatable bonds is 2. The summed E-state index contributed by atoms with van der Waals surface area (Å²) in [6.45, 7) is 2.30. The molecule has 2 aromatic rings. The molecule has 1 aliphatic rings. The second kappa shape index (κ2) is 4.88. The van der Waals surface area contributed by atoms with Gasteiger partial charge in [0.1, 0.15) is 17.7 Å². The lowest BCUT2D eigenvalue weighted by atomic mass is 10.2. The number of benzene rings is 1. The molecule has 94 valence electrons. The van der Waals surface area contributed by atoms with Crippen LogP contribution >= 0.6 is 0 Å². The van der Waals surface area contributed by atoms with Crippen LogP contribution in [0.25, 0.3) is 11.3 Å². The number of aromatic amines is 1. The van der Waals surface area contributed by atoms with E-state index in [2.05, 4.69) is 15.3 Å². The third kappa shape index (κ3) is 2.27. The minimum Gasteiger partial charge on any atom is -0.368 e. The molecule has 0 spiro atoms. The Morgan fingerprint density at radius 1 is 1.39 bits per heavy atom. The zero-order chi connectivity index (χ0) is 12.4. The van der Waals surface area contributed by atoms with Crippen molar-refractivity contribution in [3.63, 3.8) is 0 Å². The van der Waals surface area contributed by atoms with Gasteiger partial charge in [0, 0.05) is 18.7 Å². The van der Waals surface area contributed by atoms with E-state index in [1.54, 1.807) is 12.3 Å². The van der Waals surface area contributed by atoms with Crippen molar-refractivity contribution in [1.82, 2.24) is 15.3 Å². The standard InChI is InChI=1S/C13H14FN3O/c14-10-3-1-2-9(6-10)11-7-16-13(17-11)12-8-15-4-5-18-12/h1-3,6-7,12,15H,4-5,8H2,(H,16,17). The Morgan fingerprint density at radius 2 is 2.33 bits per heavy atom. The van der Waals surface area contributed by atoms with Crippen LogP contribution in [0.3, 0.4) is 0 Å². The number of morpholine rings is 1. The highest BCUT2D eigenvalue weighted by Gasteiger charge is 2.18. The monoisotopic (exact) mass is 247 g/mol. The number of halogens is 1. The highest BCUT2D eigenvalue weighted by molar-refractivity contribution is 5.58. The van der Waals surface area contributed by atoms with Crippen LogP contribution in [0.4, 0.5) is 4.39 Å². The average molecular weight is 247 g/mol. The third-order valence-corrected chi connectivity index (χ3v) is 2.96. The SMILES string of the molecule is Fc1cccc(-c2cnc(C3CNCCO3)[nH]2)c1. The zero-order valence-electron chi connectivity index (χ0n) is 9.82. The van der Waals surface area contributed by atoms with Crippen LogP contribution in [-0.2, 0) is 4.74 Å². The molecule has 5 heteroatoms. The van der Waals surface area contributed by atoms with Gasteiger partial charge >= 0.3 is 0 Å². The quantitative estimate of drug-likeness (QED) is 0.851. The van der Waals surface area contributed by atoms with Gasteiger partial charge in [-0.1, -0.05) is 12.1 Å². The van der Waals surface area contributed by atoms with Crippen molar-refractivity contribution in [3.8, 4) is 11.3 Å². The molecule has 1 aliphatic heterocycles. The number of hydrogen-bond acceptors (Lipinski definition) is 3. The summed E-state index contributed by atoms with van der Waals surface area (Å²) in [5.41, 5.74) is 1.59. The van der Waals surface area contributed by atoms with Crippen molar-refractivity contribution in [2.24, 2.45) is 0 Å². The van der Waals surface area contributed by atoms with Crippen LogP contribution in [0.2, 0.25) is 0 Å². The summed E-state index contributed by atoms with van der Waals surface area (Å²) in [6.07, 6.45) is 1.66. The zero-order valence-corrected chi connectivity index (χ0v) is 9.82. The molecule has 2 heterocycles. The summed E-state index contributed by atoms with van der Waals surface area (Å²) < 4.78 is 18.8. The van der Waals surface area contributed by atoms with E-state index in [0.717, 1.165) is 30.2 Å². The highest BCUT2D eigenvalue weighted by atomic mass is 19.1. The number of ether oxygens (including phenoxy) is 1. The van der Waals surface area contributed by atoms with Gasteiger partial charge < -0.3 is 15.0 Å². The Labute approximate surface area is 104 Å². The normalized spacial score (nSPS) is 19.9. The molecule has 1 fully saturated rings. The molecular weight excluding hydrogens is 233 g/mol. The number of nitrogens with zero attached hydrogens (tertiary/aromatic N) is 1. The number of hydrogen-bond donors (Lipinski definition) is 2. The molecule has 4 nitrogen and oxygen atoms in total. The molecule has 18 heavy (non-hydrogen) atoms. The van der Waals surface area contributed by atoms with Gasteiger partial charge in [0.15, 0.2) is 0 Å². The lowest BCUT2D eigenvalue weighted by molar-refractivity contribution is 0.0227. The fourth-order valence-electron chi connectivity index (χ4n) is 2.04. The molecule has 3 rings (SSSR count). The lowest BCUT2D eigenvalue weighted by Crippen LogP contribution is -2.33. The van der Waals surface area contributed by atoms with Crippen LogP contribution in [0.1, 0.15) is 11.9 Å². The predicted molar refractivity (Wildman–Crippen MR) is 65.5 cm³/mol. The van der Waals surface area contributed by atoms with Crippen molar-refractivity contribution in [1.29, 1.82) is 0 Å².